The number of carbonyl (C=O) groups excluding carboxylic acids is 2. The largest absolute Gasteiger partial charge is 0.474 e. The van der Waals surface area contributed by atoms with Gasteiger partial charge in [-0.2, -0.15) is 0 Å². The fourth-order valence-electron chi connectivity index (χ4n) is 3.72. The summed E-state index contributed by atoms with van der Waals surface area (Å²) in [4.78, 5) is 30.7. The highest BCUT2D eigenvalue weighted by atomic mass is 35.5. The molecule has 0 saturated carbocycles. The summed E-state index contributed by atoms with van der Waals surface area (Å²) < 4.78 is 59.2. The van der Waals surface area contributed by atoms with Gasteiger partial charge in [-0.3, -0.25) is 18.9 Å². The Bertz CT molecular complexity index is 1440. The van der Waals surface area contributed by atoms with Gasteiger partial charge in [0.15, 0.2) is 0 Å². The Morgan fingerprint density at radius 1 is 1.12 bits per heavy atom. The Balaban J connectivity index is 1.67. The maximum Gasteiger partial charge on any atom is 0.474 e. The van der Waals surface area contributed by atoms with E-state index in [2.05, 4.69) is 24.7 Å². The lowest BCUT2D eigenvalue weighted by Crippen LogP contribution is -2.47. The molecule has 3 aromatic rings. The number of hydrogen-bond donors (Lipinski definition) is 3. The summed E-state index contributed by atoms with van der Waals surface area (Å²) >= 11 is 5.96. The molecule has 2 aromatic carbocycles. The number of phosphoric ester groups is 1. The molecule has 42 heavy (non-hydrogen) atoms. The molecule has 16 heteroatoms. The van der Waals surface area contributed by atoms with Crippen molar-refractivity contribution >= 4 is 48.1 Å². The van der Waals surface area contributed by atoms with Gasteiger partial charge < -0.3 is 20.1 Å². The number of rotatable bonds is 13. The van der Waals surface area contributed by atoms with E-state index in [1.165, 1.54) is 49.6 Å². The number of aliphatic hydroxyl groups is 1. The highest BCUT2D eigenvalue weighted by molar-refractivity contribution is 7.48. The van der Waals surface area contributed by atoms with Crippen molar-refractivity contribution in [2.24, 2.45) is 0 Å². The van der Waals surface area contributed by atoms with E-state index in [1.807, 2.05) is 0 Å². The average molecular weight is 631 g/mol. The molecule has 0 aliphatic rings. The number of urea groups is 1. The molecule has 12 nitrogen and oxygen atoms in total. The predicted octanol–water partition coefficient (Wildman–Crippen LogP) is 5.09. The van der Waals surface area contributed by atoms with Gasteiger partial charge in [0, 0.05) is 39.4 Å². The van der Waals surface area contributed by atoms with Crippen molar-refractivity contribution in [2.75, 3.05) is 39.8 Å². The smallest absolute Gasteiger partial charge is 0.447 e. The van der Waals surface area contributed by atoms with Gasteiger partial charge in [-0.1, -0.05) is 23.7 Å². The van der Waals surface area contributed by atoms with Crippen LogP contribution in [0, 0.1) is 11.6 Å². The van der Waals surface area contributed by atoms with Crippen molar-refractivity contribution in [3.05, 3.63) is 70.9 Å². The molecule has 3 amide bonds. The van der Waals surface area contributed by atoms with Gasteiger partial charge in [-0.25, -0.2) is 27.9 Å². The summed E-state index contributed by atoms with van der Waals surface area (Å²) in [5.74, 6) is -1.01. The Morgan fingerprint density at radius 2 is 1.86 bits per heavy atom. The molecule has 2 unspecified atom stereocenters. The highest BCUT2D eigenvalue weighted by Crippen LogP contribution is 2.47. The third-order valence-corrected chi connectivity index (χ3v) is 7.85. The number of benzene rings is 2. The maximum atomic E-state index is 13.8. The van der Waals surface area contributed by atoms with E-state index in [4.69, 9.17) is 20.9 Å². The van der Waals surface area contributed by atoms with Gasteiger partial charge in [0.05, 0.1) is 23.8 Å². The number of nitrogens with one attached hydrogen (secondary N) is 2. The second-order valence-corrected chi connectivity index (χ2v) is 11.2. The number of phosphoric acid groups is 1. The molecule has 3 rings (SSSR count). The van der Waals surface area contributed by atoms with Crippen molar-refractivity contribution in [2.45, 2.75) is 25.1 Å². The number of halogens is 3. The van der Waals surface area contributed by atoms with E-state index in [0.717, 1.165) is 19.1 Å². The normalized spacial score (nSPS) is 12.9. The monoisotopic (exact) mass is 630 g/mol. The van der Waals surface area contributed by atoms with Crippen molar-refractivity contribution in [1.82, 2.24) is 15.2 Å². The summed E-state index contributed by atoms with van der Waals surface area (Å²) in [6.45, 7) is -1.01. The SMILES string of the molecule is COP(=O)(OC)OCC(O)CC(COC(=O)Nc1cc2cc(F)ccc2cn1)N(C)C(=O)NCc1cccc(F)c1Cl. The Labute approximate surface area is 245 Å². The molecule has 0 fully saturated rings. The lowest BCUT2D eigenvalue weighted by atomic mass is 10.1. The zero-order chi connectivity index (χ0) is 30.9. The molecule has 1 heterocycles. The van der Waals surface area contributed by atoms with Crippen LogP contribution in [0.15, 0.2) is 48.7 Å². The minimum atomic E-state index is -3.89. The maximum absolute atomic E-state index is 13.8. The van der Waals surface area contributed by atoms with Crippen LogP contribution >= 0.6 is 19.4 Å². The van der Waals surface area contributed by atoms with Gasteiger partial charge in [0.2, 0.25) is 0 Å². The van der Waals surface area contributed by atoms with Crippen molar-refractivity contribution < 1.29 is 46.3 Å². The van der Waals surface area contributed by atoms with Crippen LogP contribution in [0.1, 0.15) is 12.0 Å². The molecule has 0 bridgehead atoms. The average Bonchev–Trinajstić information content (AvgIpc) is 2.98. The molecule has 0 saturated heterocycles. The lowest BCUT2D eigenvalue weighted by molar-refractivity contribution is 0.0403. The number of nitrogens with zero attached hydrogens (tertiary/aromatic N) is 2. The van der Waals surface area contributed by atoms with Crippen LogP contribution in [0.2, 0.25) is 5.02 Å². The van der Waals surface area contributed by atoms with Crippen LogP contribution in [0.4, 0.5) is 24.2 Å². The second kappa shape index (κ2) is 15.2. The van der Waals surface area contributed by atoms with Crippen LogP contribution in [0.3, 0.4) is 0 Å². The van der Waals surface area contributed by atoms with E-state index in [1.54, 1.807) is 6.07 Å². The van der Waals surface area contributed by atoms with Gasteiger partial charge in [0.1, 0.15) is 24.1 Å². The molecule has 228 valence electrons. The number of aliphatic hydroxyl groups excluding tert-OH is 1. The first kappa shape index (κ1) is 33.1. The second-order valence-electron chi connectivity index (χ2n) is 8.92. The van der Waals surface area contributed by atoms with Crippen LogP contribution < -0.4 is 10.6 Å². The quantitative estimate of drug-likeness (QED) is 0.220. The fraction of sp³-hybridized carbons (Fsp3) is 0.346. The number of carbonyl (C=O) groups is 2. The van der Waals surface area contributed by atoms with Crippen LogP contribution in [0.5, 0.6) is 0 Å². The molecule has 1 aromatic heterocycles. The topological polar surface area (TPSA) is 149 Å². The van der Waals surface area contributed by atoms with E-state index >= 15 is 0 Å². The summed E-state index contributed by atoms with van der Waals surface area (Å²) in [5, 5.41) is 16.6. The fourth-order valence-corrected chi connectivity index (χ4v) is 4.62. The summed E-state index contributed by atoms with van der Waals surface area (Å²) in [5.41, 5.74) is 0.330. The van der Waals surface area contributed by atoms with E-state index in [-0.39, 0.29) is 23.8 Å². The predicted molar refractivity (Wildman–Crippen MR) is 150 cm³/mol. The van der Waals surface area contributed by atoms with Crippen LogP contribution in [-0.2, 0) is 29.4 Å². The number of amides is 3. The van der Waals surface area contributed by atoms with E-state index in [0.29, 0.717) is 16.3 Å². The first-order chi connectivity index (χ1) is 19.9. The zero-order valence-electron chi connectivity index (χ0n) is 22.9. The molecular formula is C26H30ClF2N4O8P. The summed E-state index contributed by atoms with van der Waals surface area (Å²) in [6.07, 6.45) is -0.979. The van der Waals surface area contributed by atoms with Crippen LogP contribution in [0.25, 0.3) is 10.8 Å². The number of fused-ring (bicyclic) bond motifs is 1. The molecule has 0 spiro atoms. The van der Waals surface area contributed by atoms with Crippen molar-refractivity contribution in [3.63, 3.8) is 0 Å². The first-order valence-electron chi connectivity index (χ1n) is 12.4. The standard InChI is InChI=1S/C26H30ClF2N4O8P/c1-33(25(35)31-13-17-5-4-6-22(29)24(17)27)20(11-21(34)15-41-42(37,38-2)39-3)14-40-26(36)32-23-10-18-9-19(28)8-7-16(18)12-30-23/h4-10,12,20-21,34H,11,13-15H2,1-3H3,(H,31,35)(H,30,32,36). The number of hydrogen-bond acceptors (Lipinski definition) is 9. The van der Waals surface area contributed by atoms with Crippen molar-refractivity contribution in [3.8, 4) is 0 Å². The van der Waals surface area contributed by atoms with Gasteiger partial charge in [-0.05, 0) is 47.7 Å². The number of likely N-dealkylation sites (N-methyl/N-ethyl adjacent to an activating group) is 1. The Hall–Kier alpha value is -3.39. The van der Waals surface area contributed by atoms with Crippen molar-refractivity contribution in [1.29, 1.82) is 0 Å². The molecule has 0 radical (unpaired) electrons. The number of anilines is 1. The third-order valence-electron chi connectivity index (χ3n) is 6.07. The van der Waals surface area contributed by atoms with Crippen LogP contribution in [-0.4, -0.2) is 73.7 Å². The molecule has 0 aliphatic carbocycles. The van der Waals surface area contributed by atoms with E-state index in [9.17, 15) is 28.0 Å². The Kier molecular flexibility index (Phi) is 12.0. The molecule has 3 N–H and O–H groups in total. The first-order valence-corrected chi connectivity index (χ1v) is 14.2. The van der Waals surface area contributed by atoms with Gasteiger partial charge >= 0.3 is 19.9 Å². The lowest BCUT2D eigenvalue weighted by Gasteiger charge is -2.30. The molecular weight excluding hydrogens is 601 g/mol. The number of pyridine rings is 1. The van der Waals surface area contributed by atoms with E-state index < -0.39 is 56.9 Å². The molecule has 0 aliphatic heterocycles. The van der Waals surface area contributed by atoms with Gasteiger partial charge in [0.25, 0.3) is 0 Å². The van der Waals surface area contributed by atoms with Gasteiger partial charge in [-0.15, -0.1) is 0 Å². The number of aromatic nitrogens is 1. The summed E-state index contributed by atoms with van der Waals surface area (Å²) in [7, 11) is -0.288. The third kappa shape index (κ3) is 9.31. The number of ether oxygens (including phenoxy) is 1. The minimum Gasteiger partial charge on any atom is -0.447 e. The Morgan fingerprint density at radius 3 is 2.57 bits per heavy atom. The zero-order valence-corrected chi connectivity index (χ0v) is 24.5. The minimum absolute atomic E-state index is 0.0936. The molecule has 2 atom stereocenters. The highest BCUT2D eigenvalue weighted by Gasteiger charge is 2.28. The summed E-state index contributed by atoms with van der Waals surface area (Å²) in [6, 6.07) is 8.14.